The fourth-order valence-corrected chi connectivity index (χ4v) is 2.96. The van der Waals surface area contributed by atoms with Gasteiger partial charge in [0, 0.05) is 21.7 Å². The Morgan fingerprint density at radius 3 is 2.54 bits per heavy atom. The molecule has 0 bridgehead atoms. The largest absolute Gasteiger partial charge is 0.489 e. The van der Waals surface area contributed by atoms with Crippen LogP contribution in [-0.2, 0) is 6.61 Å². The molecule has 4 heteroatoms. The maximum absolute atomic E-state index is 5.83. The molecule has 0 aliphatic rings. The number of nitrogens with one attached hydrogen (secondary N) is 1. The summed E-state index contributed by atoms with van der Waals surface area (Å²) in [6, 6.07) is 22.4. The molecule has 2 heterocycles. The van der Waals surface area contributed by atoms with E-state index >= 15 is 0 Å². The summed E-state index contributed by atoms with van der Waals surface area (Å²) in [5, 5.41) is 1.09. The van der Waals surface area contributed by atoms with E-state index in [4.69, 9.17) is 4.74 Å². The molecule has 0 aliphatic carbocycles. The van der Waals surface area contributed by atoms with Gasteiger partial charge in [-0.3, -0.25) is 0 Å². The van der Waals surface area contributed by atoms with Crippen LogP contribution in [0.1, 0.15) is 5.56 Å². The zero-order chi connectivity index (χ0) is 16.4. The second-order valence-corrected chi connectivity index (χ2v) is 6.49. The Morgan fingerprint density at radius 2 is 1.75 bits per heavy atom. The minimum Gasteiger partial charge on any atom is -0.489 e. The third kappa shape index (κ3) is 3.19. The van der Waals surface area contributed by atoms with E-state index in [1.807, 2.05) is 30.3 Å². The molecule has 1 N–H and O–H groups in total. The van der Waals surface area contributed by atoms with Crippen LogP contribution in [0.25, 0.3) is 22.3 Å². The number of fused-ring (bicyclic) bond motifs is 1. The van der Waals surface area contributed by atoms with E-state index in [0.717, 1.165) is 38.1 Å². The maximum atomic E-state index is 5.83. The third-order valence-electron chi connectivity index (χ3n) is 3.85. The van der Waals surface area contributed by atoms with Gasteiger partial charge in [-0.05, 0) is 63.5 Å². The minimum absolute atomic E-state index is 0.574. The van der Waals surface area contributed by atoms with Crippen molar-refractivity contribution in [1.29, 1.82) is 0 Å². The number of aromatic nitrogens is 2. The van der Waals surface area contributed by atoms with Gasteiger partial charge in [-0.2, -0.15) is 0 Å². The Balaban J connectivity index is 1.52. The van der Waals surface area contributed by atoms with Crippen molar-refractivity contribution in [3.63, 3.8) is 0 Å². The van der Waals surface area contributed by atoms with Gasteiger partial charge in [0.15, 0.2) is 0 Å². The first kappa shape index (κ1) is 15.0. The van der Waals surface area contributed by atoms with Gasteiger partial charge in [-0.1, -0.05) is 30.3 Å². The smallest absolute Gasteiger partial charge is 0.137 e. The average molecular weight is 379 g/mol. The molecule has 2 aromatic carbocycles. The summed E-state index contributed by atoms with van der Waals surface area (Å²) < 4.78 is 6.81. The predicted octanol–water partition coefficient (Wildman–Crippen LogP) is 5.57. The molecule has 0 atom stereocenters. The van der Waals surface area contributed by atoms with E-state index in [1.54, 1.807) is 6.20 Å². The van der Waals surface area contributed by atoms with Crippen LogP contribution >= 0.6 is 15.9 Å². The van der Waals surface area contributed by atoms with Gasteiger partial charge in [0.1, 0.15) is 18.0 Å². The highest BCUT2D eigenvalue weighted by Crippen LogP contribution is 2.26. The second kappa shape index (κ2) is 6.49. The standard InChI is InChI=1S/C20H15BrN2O/c21-17-10-16-11-19(23-20(16)22-12-17)15-6-8-18(9-7-15)24-13-14-4-2-1-3-5-14/h1-12H,13H2,(H,22,23). The molecule has 3 nitrogen and oxygen atoms in total. The van der Waals surface area contributed by atoms with E-state index in [0.29, 0.717) is 6.61 Å². The number of rotatable bonds is 4. The van der Waals surface area contributed by atoms with Crippen molar-refractivity contribution >= 4 is 27.0 Å². The van der Waals surface area contributed by atoms with Crippen LogP contribution in [0.3, 0.4) is 0 Å². The minimum atomic E-state index is 0.574. The molecule has 0 saturated carbocycles. The topological polar surface area (TPSA) is 37.9 Å². The van der Waals surface area contributed by atoms with Crippen molar-refractivity contribution < 1.29 is 4.74 Å². The van der Waals surface area contributed by atoms with Gasteiger partial charge in [-0.15, -0.1) is 0 Å². The Bertz CT molecular complexity index is 962. The van der Waals surface area contributed by atoms with Crippen molar-refractivity contribution in [2.45, 2.75) is 6.61 Å². The number of hydrogen-bond acceptors (Lipinski definition) is 2. The first-order valence-electron chi connectivity index (χ1n) is 7.69. The molecule has 0 spiro atoms. The number of benzene rings is 2. The van der Waals surface area contributed by atoms with E-state index in [-0.39, 0.29) is 0 Å². The van der Waals surface area contributed by atoms with Crippen LogP contribution in [0.2, 0.25) is 0 Å². The third-order valence-corrected chi connectivity index (χ3v) is 4.28. The van der Waals surface area contributed by atoms with Gasteiger partial charge in [0.25, 0.3) is 0 Å². The lowest BCUT2D eigenvalue weighted by molar-refractivity contribution is 0.306. The van der Waals surface area contributed by atoms with Gasteiger partial charge in [-0.25, -0.2) is 4.98 Å². The predicted molar refractivity (Wildman–Crippen MR) is 100 cm³/mol. The molecular formula is C20H15BrN2O. The zero-order valence-corrected chi connectivity index (χ0v) is 14.5. The Hall–Kier alpha value is -2.59. The van der Waals surface area contributed by atoms with Gasteiger partial charge < -0.3 is 9.72 Å². The number of hydrogen-bond donors (Lipinski definition) is 1. The SMILES string of the molecule is Brc1cnc2[nH]c(-c3ccc(OCc4ccccc4)cc3)cc2c1. The molecule has 0 radical (unpaired) electrons. The second-order valence-electron chi connectivity index (χ2n) is 5.57. The summed E-state index contributed by atoms with van der Waals surface area (Å²) in [6.07, 6.45) is 1.79. The Morgan fingerprint density at radius 1 is 0.958 bits per heavy atom. The van der Waals surface area contributed by atoms with Crippen molar-refractivity contribution in [2.24, 2.45) is 0 Å². The number of aromatic amines is 1. The fourth-order valence-electron chi connectivity index (χ4n) is 2.62. The molecule has 0 saturated heterocycles. The molecular weight excluding hydrogens is 364 g/mol. The number of pyridine rings is 1. The number of H-pyrrole nitrogens is 1. The van der Waals surface area contributed by atoms with E-state index < -0.39 is 0 Å². The van der Waals surface area contributed by atoms with Crippen LogP contribution in [0.4, 0.5) is 0 Å². The van der Waals surface area contributed by atoms with Crippen LogP contribution < -0.4 is 4.74 Å². The first-order chi connectivity index (χ1) is 11.8. The molecule has 4 rings (SSSR count). The van der Waals surface area contributed by atoms with Crippen molar-refractivity contribution in [1.82, 2.24) is 9.97 Å². The lowest BCUT2D eigenvalue weighted by Crippen LogP contribution is -1.94. The fraction of sp³-hybridized carbons (Fsp3) is 0.0500. The summed E-state index contributed by atoms with van der Waals surface area (Å²) >= 11 is 3.45. The summed E-state index contributed by atoms with van der Waals surface area (Å²) in [4.78, 5) is 7.72. The van der Waals surface area contributed by atoms with E-state index in [9.17, 15) is 0 Å². The highest BCUT2D eigenvalue weighted by Gasteiger charge is 2.05. The zero-order valence-electron chi connectivity index (χ0n) is 12.9. The van der Waals surface area contributed by atoms with E-state index in [1.165, 1.54) is 0 Å². The van der Waals surface area contributed by atoms with Gasteiger partial charge in [0.05, 0.1) is 0 Å². The highest BCUT2D eigenvalue weighted by atomic mass is 79.9. The van der Waals surface area contributed by atoms with Gasteiger partial charge in [0.2, 0.25) is 0 Å². The average Bonchev–Trinajstić information content (AvgIpc) is 3.04. The normalized spacial score (nSPS) is 10.9. The van der Waals surface area contributed by atoms with Gasteiger partial charge >= 0.3 is 0 Å². The van der Waals surface area contributed by atoms with Crippen molar-refractivity contribution in [3.8, 4) is 17.0 Å². The summed E-state index contributed by atoms with van der Waals surface area (Å²) in [5.41, 5.74) is 4.20. The summed E-state index contributed by atoms with van der Waals surface area (Å²) in [7, 11) is 0. The lowest BCUT2D eigenvalue weighted by atomic mass is 10.1. The molecule has 0 amide bonds. The molecule has 118 valence electrons. The number of nitrogens with zero attached hydrogens (tertiary/aromatic N) is 1. The van der Waals surface area contributed by atoms with E-state index in [2.05, 4.69) is 62.3 Å². The van der Waals surface area contributed by atoms with Crippen LogP contribution in [0.5, 0.6) is 5.75 Å². The molecule has 24 heavy (non-hydrogen) atoms. The number of halogens is 1. The number of ether oxygens (including phenoxy) is 1. The molecule has 2 aromatic heterocycles. The van der Waals surface area contributed by atoms with Crippen LogP contribution in [-0.4, -0.2) is 9.97 Å². The summed E-state index contributed by atoms with van der Waals surface area (Å²) in [5.74, 6) is 0.861. The van der Waals surface area contributed by atoms with Crippen molar-refractivity contribution in [2.75, 3.05) is 0 Å². The van der Waals surface area contributed by atoms with Crippen molar-refractivity contribution in [3.05, 3.63) is 83.0 Å². The first-order valence-corrected chi connectivity index (χ1v) is 8.49. The Labute approximate surface area is 148 Å². The highest BCUT2D eigenvalue weighted by molar-refractivity contribution is 9.10. The molecule has 0 unspecified atom stereocenters. The maximum Gasteiger partial charge on any atom is 0.137 e. The Kier molecular flexibility index (Phi) is 4.05. The molecule has 0 aliphatic heterocycles. The quantitative estimate of drug-likeness (QED) is 0.503. The van der Waals surface area contributed by atoms with Crippen LogP contribution in [0, 0.1) is 0 Å². The molecule has 0 fully saturated rings. The molecule has 4 aromatic rings. The van der Waals surface area contributed by atoms with Crippen LogP contribution in [0.15, 0.2) is 77.4 Å². The summed E-state index contributed by atoms with van der Waals surface area (Å²) in [6.45, 7) is 0.574. The lowest BCUT2D eigenvalue weighted by Gasteiger charge is -2.07. The monoisotopic (exact) mass is 378 g/mol.